The van der Waals surface area contributed by atoms with Crippen LogP contribution in [0.4, 0.5) is 24.5 Å². The Balaban J connectivity index is 1.98. The summed E-state index contributed by atoms with van der Waals surface area (Å²) in [5.74, 6) is -3.00. The molecule has 0 spiro atoms. The first kappa shape index (κ1) is 24.2. The molecule has 0 saturated carbocycles. The van der Waals surface area contributed by atoms with Crippen LogP contribution in [0.15, 0.2) is 48.5 Å². The molecule has 0 aliphatic carbocycles. The Hall–Kier alpha value is -3.48. The molecule has 3 rings (SSSR count). The van der Waals surface area contributed by atoms with Crippen molar-refractivity contribution in [3.05, 3.63) is 54.1 Å². The number of carbonyl (C=O) groups excluding carboxylic acids is 2. The van der Waals surface area contributed by atoms with Gasteiger partial charge in [-0.25, -0.2) is 8.42 Å². The van der Waals surface area contributed by atoms with E-state index in [9.17, 15) is 31.2 Å². The van der Waals surface area contributed by atoms with Gasteiger partial charge in [-0.3, -0.25) is 14.3 Å². The van der Waals surface area contributed by atoms with E-state index in [0.717, 1.165) is 6.26 Å². The maximum absolute atomic E-state index is 13.1. The first-order valence-electron chi connectivity index (χ1n) is 9.58. The molecule has 2 atom stereocenters. The number of hydrogen-bond acceptors (Lipinski definition) is 6. The largest absolute Gasteiger partial charge is 0.481 e. The molecule has 178 valence electrons. The highest BCUT2D eigenvalue weighted by Gasteiger charge is 2.44. The molecule has 13 heteroatoms. The number of anilines is 2. The highest BCUT2D eigenvalue weighted by Crippen LogP contribution is 2.39. The molecule has 0 aromatic heterocycles. The predicted molar refractivity (Wildman–Crippen MR) is 114 cm³/mol. The number of nitrogens with two attached hydrogens (primary N) is 1. The smallest absolute Gasteiger partial charge is 0.471 e. The summed E-state index contributed by atoms with van der Waals surface area (Å²) < 4.78 is 70.7. The van der Waals surface area contributed by atoms with Crippen LogP contribution in [0.1, 0.15) is 11.7 Å². The van der Waals surface area contributed by atoms with Gasteiger partial charge >= 0.3 is 12.1 Å². The SMILES string of the molecule is CS(=O)(=O)Nc1ccc2c(c1)NC(CN(CC(N)=O)C(=O)C(F)(F)F)C(c1ccccc1)O2. The van der Waals surface area contributed by atoms with Gasteiger partial charge in [0, 0.05) is 6.54 Å². The summed E-state index contributed by atoms with van der Waals surface area (Å²) in [7, 11) is -3.58. The Morgan fingerprint density at radius 2 is 1.85 bits per heavy atom. The quantitative estimate of drug-likeness (QED) is 0.548. The van der Waals surface area contributed by atoms with Gasteiger partial charge in [0.1, 0.15) is 11.9 Å². The van der Waals surface area contributed by atoms with Gasteiger partial charge in [0.15, 0.2) is 0 Å². The van der Waals surface area contributed by atoms with Crippen molar-refractivity contribution in [1.82, 2.24) is 4.90 Å². The number of carbonyl (C=O) groups is 2. The van der Waals surface area contributed by atoms with E-state index in [1.807, 2.05) is 0 Å². The van der Waals surface area contributed by atoms with Gasteiger partial charge in [-0.1, -0.05) is 30.3 Å². The summed E-state index contributed by atoms with van der Waals surface area (Å²) in [4.78, 5) is 23.6. The van der Waals surface area contributed by atoms with Crippen LogP contribution in [0.3, 0.4) is 0 Å². The maximum atomic E-state index is 13.1. The standard InChI is InChI=1S/C20H21F3N4O5S/c1-33(30,31)26-13-7-8-16-14(9-13)25-15(18(32-16)12-5-3-2-4-6-12)10-27(11-17(24)28)19(29)20(21,22)23/h2-9,15,18,25-26H,10-11H2,1H3,(H2,24,28). The lowest BCUT2D eigenvalue weighted by atomic mass is 9.99. The molecule has 9 nitrogen and oxygen atoms in total. The summed E-state index contributed by atoms with van der Waals surface area (Å²) >= 11 is 0. The molecule has 0 radical (unpaired) electrons. The van der Waals surface area contributed by atoms with E-state index >= 15 is 0 Å². The van der Waals surface area contributed by atoms with Crippen LogP contribution in [-0.2, 0) is 19.6 Å². The first-order valence-corrected chi connectivity index (χ1v) is 11.5. The number of halogens is 3. The molecule has 0 bridgehead atoms. The van der Waals surface area contributed by atoms with Gasteiger partial charge in [-0.05, 0) is 23.8 Å². The second kappa shape index (κ2) is 9.17. The minimum atomic E-state index is -5.21. The Labute approximate surface area is 187 Å². The van der Waals surface area contributed by atoms with E-state index in [2.05, 4.69) is 10.0 Å². The molecule has 4 N–H and O–H groups in total. The van der Waals surface area contributed by atoms with Gasteiger partial charge in [-0.2, -0.15) is 13.2 Å². The third-order valence-electron chi connectivity index (χ3n) is 4.66. The Bertz CT molecular complexity index is 1140. The number of benzene rings is 2. The first-order chi connectivity index (χ1) is 15.3. The van der Waals surface area contributed by atoms with Crippen molar-refractivity contribution in [2.45, 2.75) is 18.3 Å². The lowest BCUT2D eigenvalue weighted by molar-refractivity contribution is -0.186. The van der Waals surface area contributed by atoms with Crippen molar-refractivity contribution in [3.8, 4) is 5.75 Å². The summed E-state index contributed by atoms with van der Waals surface area (Å²) in [5, 5.41) is 3.01. The molecule has 2 aromatic rings. The van der Waals surface area contributed by atoms with E-state index in [4.69, 9.17) is 10.5 Å². The van der Waals surface area contributed by atoms with Crippen LogP contribution in [0.5, 0.6) is 5.75 Å². The third-order valence-corrected chi connectivity index (χ3v) is 5.27. The van der Waals surface area contributed by atoms with Crippen molar-refractivity contribution in [2.75, 3.05) is 29.4 Å². The van der Waals surface area contributed by atoms with Crippen molar-refractivity contribution < 1.29 is 35.9 Å². The predicted octanol–water partition coefficient (Wildman–Crippen LogP) is 1.85. The molecule has 0 saturated heterocycles. The number of ether oxygens (including phenoxy) is 1. The average molecular weight is 486 g/mol. The van der Waals surface area contributed by atoms with Crippen LogP contribution in [0.25, 0.3) is 0 Å². The fourth-order valence-corrected chi connectivity index (χ4v) is 3.98. The zero-order chi connectivity index (χ0) is 24.4. The Morgan fingerprint density at radius 3 is 2.42 bits per heavy atom. The van der Waals surface area contributed by atoms with Crippen LogP contribution in [-0.4, -0.2) is 56.7 Å². The van der Waals surface area contributed by atoms with Gasteiger partial charge < -0.3 is 20.7 Å². The van der Waals surface area contributed by atoms with E-state index in [0.29, 0.717) is 21.9 Å². The lowest BCUT2D eigenvalue weighted by Gasteiger charge is -2.38. The second-order valence-corrected chi connectivity index (χ2v) is 9.18. The van der Waals surface area contributed by atoms with Crippen LogP contribution < -0.4 is 20.5 Å². The molecule has 1 heterocycles. The zero-order valence-corrected chi connectivity index (χ0v) is 18.1. The lowest BCUT2D eigenvalue weighted by Crippen LogP contribution is -2.52. The highest BCUT2D eigenvalue weighted by molar-refractivity contribution is 7.92. The van der Waals surface area contributed by atoms with Crippen LogP contribution >= 0.6 is 0 Å². The molecule has 33 heavy (non-hydrogen) atoms. The number of sulfonamides is 1. The van der Waals surface area contributed by atoms with Crippen LogP contribution in [0.2, 0.25) is 0 Å². The molecular formula is C20H21F3N4O5S. The molecule has 2 unspecified atom stereocenters. The molecule has 2 aromatic carbocycles. The summed E-state index contributed by atoms with van der Waals surface area (Å²) in [6.45, 7) is -1.51. The second-order valence-electron chi connectivity index (χ2n) is 7.43. The average Bonchev–Trinajstić information content (AvgIpc) is 2.70. The van der Waals surface area contributed by atoms with Gasteiger partial charge in [0.05, 0.1) is 30.2 Å². The van der Waals surface area contributed by atoms with Crippen LogP contribution in [0, 0.1) is 0 Å². The number of primary amides is 1. The Morgan fingerprint density at radius 1 is 1.18 bits per heavy atom. The maximum Gasteiger partial charge on any atom is 0.471 e. The number of alkyl halides is 3. The number of nitrogens with one attached hydrogen (secondary N) is 2. The third kappa shape index (κ3) is 6.28. The molecule has 1 aliphatic rings. The van der Waals surface area contributed by atoms with E-state index in [-0.39, 0.29) is 5.69 Å². The van der Waals surface area contributed by atoms with Gasteiger partial charge in [-0.15, -0.1) is 0 Å². The number of nitrogens with zero attached hydrogens (tertiary/aromatic N) is 1. The minimum Gasteiger partial charge on any atom is -0.481 e. The Kier molecular flexibility index (Phi) is 6.72. The zero-order valence-electron chi connectivity index (χ0n) is 17.3. The van der Waals surface area contributed by atoms with Crippen molar-refractivity contribution in [2.24, 2.45) is 5.73 Å². The fourth-order valence-electron chi connectivity index (χ4n) is 3.43. The van der Waals surface area contributed by atoms with E-state index < -0.39 is 53.2 Å². The number of rotatable bonds is 7. The number of amides is 2. The topological polar surface area (TPSA) is 131 Å². The number of fused-ring (bicyclic) bond motifs is 1. The van der Waals surface area contributed by atoms with E-state index in [1.54, 1.807) is 30.3 Å². The molecule has 2 amide bonds. The summed E-state index contributed by atoms with van der Waals surface area (Å²) in [6.07, 6.45) is -5.07. The minimum absolute atomic E-state index is 0.199. The number of hydrogen-bond donors (Lipinski definition) is 3. The monoisotopic (exact) mass is 486 g/mol. The normalized spacial score (nSPS) is 17.8. The van der Waals surface area contributed by atoms with E-state index in [1.165, 1.54) is 18.2 Å². The van der Waals surface area contributed by atoms with Gasteiger partial charge in [0.2, 0.25) is 15.9 Å². The van der Waals surface area contributed by atoms with Crippen molar-refractivity contribution in [3.63, 3.8) is 0 Å². The summed E-state index contributed by atoms with van der Waals surface area (Å²) in [5.41, 5.74) is 6.16. The molecular weight excluding hydrogens is 465 g/mol. The summed E-state index contributed by atoms with van der Waals surface area (Å²) in [6, 6.07) is 12.0. The van der Waals surface area contributed by atoms with Gasteiger partial charge in [0.25, 0.3) is 0 Å². The molecule has 1 aliphatic heterocycles. The van der Waals surface area contributed by atoms with Crippen molar-refractivity contribution in [1.29, 1.82) is 0 Å². The fraction of sp³-hybridized carbons (Fsp3) is 0.300. The highest BCUT2D eigenvalue weighted by atomic mass is 32.2. The molecule has 0 fully saturated rings. The van der Waals surface area contributed by atoms with Crippen molar-refractivity contribution >= 4 is 33.2 Å².